The smallest absolute Gasteiger partial charge is 0.349 e. The van der Waals surface area contributed by atoms with E-state index in [-0.39, 0.29) is 17.2 Å². The van der Waals surface area contributed by atoms with Crippen LogP contribution in [-0.2, 0) is 19.1 Å². The molecule has 0 radical (unpaired) electrons. The summed E-state index contributed by atoms with van der Waals surface area (Å²) in [6, 6.07) is 15.5. The Morgan fingerprint density at radius 1 is 0.750 bits per heavy atom. The van der Waals surface area contributed by atoms with Gasteiger partial charge in [0.2, 0.25) is 12.2 Å². The molecule has 1 aliphatic carbocycles. The Hall–Kier alpha value is -3.68. The molecule has 0 saturated heterocycles. The van der Waals surface area contributed by atoms with Crippen LogP contribution in [0.2, 0.25) is 0 Å². The highest BCUT2D eigenvalue weighted by Gasteiger charge is 2.41. The zero-order chi connectivity index (χ0) is 22.9. The second kappa shape index (κ2) is 11.1. The number of benzene rings is 2. The maximum Gasteiger partial charge on any atom is 0.349 e. The van der Waals surface area contributed by atoms with Crippen LogP contribution in [0.25, 0.3) is 0 Å². The molecular weight excluding hydrogens is 414 g/mol. The summed E-state index contributed by atoms with van der Waals surface area (Å²) in [7, 11) is 0. The Labute approximate surface area is 185 Å². The minimum Gasteiger partial charge on any atom is -0.478 e. The van der Waals surface area contributed by atoms with Crippen molar-refractivity contribution in [3.05, 3.63) is 71.8 Å². The number of esters is 2. The van der Waals surface area contributed by atoms with Gasteiger partial charge >= 0.3 is 17.9 Å². The largest absolute Gasteiger partial charge is 0.478 e. The van der Waals surface area contributed by atoms with Gasteiger partial charge in [-0.15, -0.1) is 0 Å². The fraction of sp³-hybridized carbons (Fsp3) is 0.333. The van der Waals surface area contributed by atoms with Crippen molar-refractivity contribution in [3.8, 4) is 0 Å². The number of ether oxygens (including phenoxy) is 2. The van der Waals surface area contributed by atoms with E-state index < -0.39 is 36.0 Å². The van der Waals surface area contributed by atoms with Gasteiger partial charge in [0, 0.05) is 6.04 Å². The molecule has 8 heteroatoms. The first kappa shape index (κ1) is 23.0. The van der Waals surface area contributed by atoms with E-state index >= 15 is 0 Å². The number of carbonyl (C=O) groups is 4. The van der Waals surface area contributed by atoms with Gasteiger partial charge in [0.25, 0.3) is 5.91 Å². The summed E-state index contributed by atoms with van der Waals surface area (Å²) in [6.45, 7) is 0. The fourth-order valence-corrected chi connectivity index (χ4v) is 3.54. The highest BCUT2D eigenvalue weighted by atomic mass is 16.6. The van der Waals surface area contributed by atoms with Gasteiger partial charge < -0.3 is 19.9 Å². The van der Waals surface area contributed by atoms with Gasteiger partial charge in [0.15, 0.2) is 0 Å². The fourth-order valence-electron chi connectivity index (χ4n) is 3.54. The van der Waals surface area contributed by atoms with Crippen molar-refractivity contribution in [2.75, 3.05) is 0 Å². The lowest BCUT2D eigenvalue weighted by Crippen LogP contribution is -2.52. The van der Waals surface area contributed by atoms with Crippen molar-refractivity contribution in [2.45, 2.75) is 50.4 Å². The molecule has 2 aromatic rings. The Bertz CT molecular complexity index is 939. The summed E-state index contributed by atoms with van der Waals surface area (Å²) >= 11 is 0. The Morgan fingerprint density at radius 2 is 1.22 bits per heavy atom. The monoisotopic (exact) mass is 439 g/mol. The van der Waals surface area contributed by atoms with Gasteiger partial charge in [-0.2, -0.15) is 0 Å². The molecule has 1 amide bonds. The van der Waals surface area contributed by atoms with Crippen LogP contribution in [0.5, 0.6) is 0 Å². The summed E-state index contributed by atoms with van der Waals surface area (Å²) in [6.07, 6.45) is 0.550. The standard InChI is InChI=1S/C24H25NO7/c26-21(25-18-14-8-3-9-15-18)19(31-23(29)16-10-4-1-5-11-16)20(22(27)28)32-24(30)17-12-6-2-7-13-17/h1-2,4-7,10-13,18-20H,3,8-9,14-15H2,(H,25,26)(H,27,28). The van der Waals surface area contributed by atoms with Crippen LogP contribution in [0.3, 0.4) is 0 Å². The average molecular weight is 439 g/mol. The molecule has 32 heavy (non-hydrogen) atoms. The number of hydrogen-bond donors (Lipinski definition) is 2. The number of nitrogens with one attached hydrogen (secondary N) is 1. The minimum atomic E-state index is -2.01. The zero-order valence-electron chi connectivity index (χ0n) is 17.4. The molecule has 8 nitrogen and oxygen atoms in total. The first-order valence-corrected chi connectivity index (χ1v) is 10.5. The average Bonchev–Trinajstić information content (AvgIpc) is 2.82. The molecule has 0 heterocycles. The van der Waals surface area contributed by atoms with Gasteiger partial charge in [-0.25, -0.2) is 14.4 Å². The third-order valence-corrected chi connectivity index (χ3v) is 5.22. The van der Waals surface area contributed by atoms with Gasteiger partial charge in [-0.1, -0.05) is 55.7 Å². The van der Waals surface area contributed by atoms with Crippen molar-refractivity contribution in [1.29, 1.82) is 0 Å². The number of hydrogen-bond acceptors (Lipinski definition) is 6. The zero-order valence-corrected chi connectivity index (χ0v) is 17.4. The predicted octanol–water partition coefficient (Wildman–Crippen LogP) is 2.97. The minimum absolute atomic E-state index is 0.111. The second-order valence-corrected chi connectivity index (χ2v) is 7.57. The first-order valence-electron chi connectivity index (χ1n) is 10.5. The topological polar surface area (TPSA) is 119 Å². The van der Waals surface area contributed by atoms with E-state index in [9.17, 15) is 24.3 Å². The van der Waals surface area contributed by atoms with Crippen LogP contribution >= 0.6 is 0 Å². The molecule has 3 rings (SSSR count). The third-order valence-electron chi connectivity index (χ3n) is 5.22. The van der Waals surface area contributed by atoms with E-state index in [1.165, 1.54) is 24.3 Å². The lowest BCUT2D eigenvalue weighted by Gasteiger charge is -2.27. The van der Waals surface area contributed by atoms with Gasteiger partial charge in [-0.3, -0.25) is 4.79 Å². The lowest BCUT2D eigenvalue weighted by molar-refractivity contribution is -0.159. The van der Waals surface area contributed by atoms with Gasteiger partial charge in [0.1, 0.15) is 0 Å². The molecule has 1 aliphatic rings. The third kappa shape index (κ3) is 6.16. The van der Waals surface area contributed by atoms with E-state index in [0.29, 0.717) is 0 Å². The van der Waals surface area contributed by atoms with E-state index in [1.807, 2.05) is 0 Å². The van der Waals surface area contributed by atoms with Crippen molar-refractivity contribution in [2.24, 2.45) is 0 Å². The Balaban J connectivity index is 1.83. The number of amides is 1. The molecule has 2 N–H and O–H groups in total. The molecule has 168 valence electrons. The van der Waals surface area contributed by atoms with Crippen molar-refractivity contribution in [1.82, 2.24) is 5.32 Å². The van der Waals surface area contributed by atoms with E-state index in [0.717, 1.165) is 32.1 Å². The number of rotatable bonds is 8. The van der Waals surface area contributed by atoms with E-state index in [2.05, 4.69) is 5.32 Å². The lowest BCUT2D eigenvalue weighted by atomic mass is 9.95. The van der Waals surface area contributed by atoms with E-state index in [1.54, 1.807) is 36.4 Å². The summed E-state index contributed by atoms with van der Waals surface area (Å²) in [5.41, 5.74) is 0.251. The quantitative estimate of drug-likeness (QED) is 0.607. The number of aliphatic carboxylic acids is 1. The molecule has 2 unspecified atom stereocenters. The van der Waals surface area contributed by atoms with Crippen LogP contribution in [0, 0.1) is 0 Å². The molecule has 2 atom stereocenters. The Morgan fingerprint density at radius 3 is 1.69 bits per heavy atom. The number of carboxylic acids is 1. The SMILES string of the molecule is O=C(OC(C(=O)O)C(OC(=O)c1ccccc1)C(=O)NC1CCCCC1)c1ccccc1. The molecular formula is C24H25NO7. The molecule has 0 spiro atoms. The molecule has 2 aromatic carbocycles. The predicted molar refractivity (Wildman–Crippen MR) is 114 cm³/mol. The van der Waals surface area contributed by atoms with Crippen LogP contribution in [-0.4, -0.2) is 47.2 Å². The van der Waals surface area contributed by atoms with Crippen LogP contribution in [0.1, 0.15) is 52.8 Å². The maximum atomic E-state index is 13.0. The molecule has 1 saturated carbocycles. The van der Waals surface area contributed by atoms with Crippen LogP contribution < -0.4 is 5.32 Å². The molecule has 0 bridgehead atoms. The maximum absolute atomic E-state index is 13.0. The number of carbonyl (C=O) groups excluding carboxylic acids is 3. The summed E-state index contributed by atoms with van der Waals surface area (Å²) in [5, 5.41) is 12.5. The van der Waals surface area contributed by atoms with Crippen molar-refractivity contribution < 1.29 is 33.8 Å². The van der Waals surface area contributed by atoms with Gasteiger partial charge in [0.05, 0.1) is 11.1 Å². The molecule has 0 aromatic heterocycles. The summed E-state index contributed by atoms with van der Waals surface area (Å²) in [4.78, 5) is 50.0. The Kier molecular flexibility index (Phi) is 7.96. The molecule has 1 fully saturated rings. The highest BCUT2D eigenvalue weighted by Crippen LogP contribution is 2.19. The highest BCUT2D eigenvalue weighted by molar-refractivity contribution is 5.96. The molecule has 0 aliphatic heterocycles. The van der Waals surface area contributed by atoms with E-state index in [4.69, 9.17) is 9.47 Å². The van der Waals surface area contributed by atoms with Gasteiger partial charge in [-0.05, 0) is 37.1 Å². The normalized spacial score (nSPS) is 15.8. The summed E-state index contributed by atoms with van der Waals surface area (Å²) < 4.78 is 10.4. The van der Waals surface area contributed by atoms with Crippen LogP contribution in [0.15, 0.2) is 60.7 Å². The van der Waals surface area contributed by atoms with Crippen molar-refractivity contribution in [3.63, 3.8) is 0 Å². The summed E-state index contributed by atoms with van der Waals surface area (Å²) in [5.74, 6) is -4.24. The van der Waals surface area contributed by atoms with Crippen LogP contribution in [0.4, 0.5) is 0 Å². The first-order chi connectivity index (χ1) is 15.5. The van der Waals surface area contributed by atoms with Crippen molar-refractivity contribution >= 4 is 23.8 Å². The second-order valence-electron chi connectivity index (χ2n) is 7.57. The number of carboxylic acid groups (broad SMARTS) is 1.